The smallest absolute Gasteiger partial charge is 0.225 e. The van der Waals surface area contributed by atoms with E-state index in [2.05, 4.69) is 14.9 Å². The number of rotatable bonds is 5. The zero-order chi connectivity index (χ0) is 16.8. The molecule has 1 aromatic carbocycles. The Morgan fingerprint density at radius 3 is 2.42 bits per heavy atom. The lowest BCUT2D eigenvalue weighted by Crippen LogP contribution is -2.49. The molecule has 1 aromatic heterocycles. The van der Waals surface area contributed by atoms with Gasteiger partial charge in [0.2, 0.25) is 11.9 Å². The number of benzene rings is 1. The summed E-state index contributed by atoms with van der Waals surface area (Å²) in [5.41, 5.74) is 0. The Morgan fingerprint density at radius 2 is 1.75 bits per heavy atom. The van der Waals surface area contributed by atoms with Crippen LogP contribution in [0, 0.1) is 5.82 Å². The van der Waals surface area contributed by atoms with E-state index in [1.165, 1.54) is 12.1 Å². The Hall–Kier alpha value is -2.15. The van der Waals surface area contributed by atoms with Crippen molar-refractivity contribution in [1.82, 2.24) is 14.9 Å². The number of hydrogen-bond acceptors (Lipinski definition) is 5. The van der Waals surface area contributed by atoms with Crippen LogP contribution in [0.15, 0.2) is 47.6 Å². The standard InChI is InChI=1S/C17H19FN4OS/c18-14-2-4-15(5-3-14)24-13-6-16(23)21-9-11-22(12-10-21)17-19-7-1-8-20-17/h1-5,7-8H,6,9-13H2. The summed E-state index contributed by atoms with van der Waals surface area (Å²) in [6.45, 7) is 2.89. The van der Waals surface area contributed by atoms with E-state index in [-0.39, 0.29) is 11.7 Å². The van der Waals surface area contributed by atoms with Gasteiger partial charge in [0.1, 0.15) is 5.82 Å². The maximum absolute atomic E-state index is 12.9. The second kappa shape index (κ2) is 8.10. The average molecular weight is 346 g/mol. The molecule has 1 aliphatic heterocycles. The minimum Gasteiger partial charge on any atom is -0.339 e. The number of piperazine rings is 1. The molecule has 0 atom stereocenters. The number of hydrogen-bond donors (Lipinski definition) is 0. The molecule has 0 aliphatic carbocycles. The number of aromatic nitrogens is 2. The van der Waals surface area contributed by atoms with Crippen LogP contribution in [0.5, 0.6) is 0 Å². The lowest BCUT2D eigenvalue weighted by molar-refractivity contribution is -0.131. The second-order valence-electron chi connectivity index (χ2n) is 5.47. The van der Waals surface area contributed by atoms with Gasteiger partial charge in [0.25, 0.3) is 0 Å². The first-order valence-electron chi connectivity index (χ1n) is 7.90. The molecule has 24 heavy (non-hydrogen) atoms. The van der Waals surface area contributed by atoms with E-state index in [0.717, 1.165) is 23.9 Å². The highest BCUT2D eigenvalue weighted by atomic mass is 32.2. The monoisotopic (exact) mass is 346 g/mol. The first kappa shape index (κ1) is 16.7. The zero-order valence-corrected chi connectivity index (χ0v) is 14.1. The number of anilines is 1. The lowest BCUT2D eigenvalue weighted by atomic mass is 10.3. The summed E-state index contributed by atoms with van der Waals surface area (Å²) in [6.07, 6.45) is 3.95. The van der Waals surface area contributed by atoms with Gasteiger partial charge in [-0.2, -0.15) is 0 Å². The lowest BCUT2D eigenvalue weighted by Gasteiger charge is -2.34. The van der Waals surface area contributed by atoms with E-state index in [1.54, 1.807) is 42.4 Å². The number of nitrogens with zero attached hydrogens (tertiary/aromatic N) is 4. The molecular formula is C17H19FN4OS. The fourth-order valence-electron chi connectivity index (χ4n) is 2.56. The molecule has 2 heterocycles. The molecule has 1 amide bonds. The van der Waals surface area contributed by atoms with Crippen LogP contribution >= 0.6 is 11.8 Å². The minimum atomic E-state index is -0.240. The molecule has 0 unspecified atom stereocenters. The normalized spacial score (nSPS) is 14.7. The average Bonchev–Trinajstić information content (AvgIpc) is 2.64. The third-order valence-corrected chi connectivity index (χ3v) is 4.88. The Bertz CT molecular complexity index is 660. The van der Waals surface area contributed by atoms with Gasteiger partial charge in [-0.15, -0.1) is 11.8 Å². The molecule has 3 rings (SSSR count). The Labute approximate surface area is 144 Å². The van der Waals surface area contributed by atoms with Crippen LogP contribution in [0.25, 0.3) is 0 Å². The van der Waals surface area contributed by atoms with Crippen LogP contribution in [-0.4, -0.2) is 52.7 Å². The van der Waals surface area contributed by atoms with Crippen LogP contribution < -0.4 is 4.90 Å². The molecule has 126 valence electrons. The van der Waals surface area contributed by atoms with E-state index in [9.17, 15) is 9.18 Å². The number of carbonyl (C=O) groups is 1. The topological polar surface area (TPSA) is 49.3 Å². The van der Waals surface area contributed by atoms with Crippen molar-refractivity contribution >= 4 is 23.6 Å². The maximum Gasteiger partial charge on any atom is 0.225 e. The summed E-state index contributed by atoms with van der Waals surface area (Å²) in [5.74, 6) is 1.34. The van der Waals surface area contributed by atoms with Crippen LogP contribution in [0.1, 0.15) is 6.42 Å². The van der Waals surface area contributed by atoms with Crippen molar-refractivity contribution in [3.63, 3.8) is 0 Å². The first-order valence-corrected chi connectivity index (χ1v) is 8.89. The highest BCUT2D eigenvalue weighted by Crippen LogP contribution is 2.19. The van der Waals surface area contributed by atoms with Crippen molar-refractivity contribution in [2.45, 2.75) is 11.3 Å². The summed E-state index contributed by atoms with van der Waals surface area (Å²) in [4.78, 5) is 25.7. The van der Waals surface area contributed by atoms with Crippen LogP contribution in [0.4, 0.5) is 10.3 Å². The van der Waals surface area contributed by atoms with Gasteiger partial charge in [0, 0.05) is 55.6 Å². The van der Waals surface area contributed by atoms with Crippen molar-refractivity contribution in [2.75, 3.05) is 36.8 Å². The fourth-order valence-corrected chi connectivity index (χ4v) is 3.40. The molecule has 0 N–H and O–H groups in total. The highest BCUT2D eigenvalue weighted by molar-refractivity contribution is 7.99. The van der Waals surface area contributed by atoms with Crippen LogP contribution in [0.3, 0.4) is 0 Å². The Balaban J connectivity index is 1.41. The van der Waals surface area contributed by atoms with E-state index in [4.69, 9.17) is 0 Å². The quantitative estimate of drug-likeness (QED) is 0.779. The predicted molar refractivity (Wildman–Crippen MR) is 92.6 cm³/mol. The summed E-state index contributed by atoms with van der Waals surface area (Å²) in [7, 11) is 0. The zero-order valence-electron chi connectivity index (χ0n) is 13.3. The number of thioether (sulfide) groups is 1. The molecule has 0 bridgehead atoms. The molecule has 1 aliphatic rings. The molecule has 7 heteroatoms. The van der Waals surface area contributed by atoms with Gasteiger partial charge in [-0.25, -0.2) is 14.4 Å². The molecule has 0 radical (unpaired) electrons. The molecule has 0 spiro atoms. The molecule has 0 saturated carbocycles. The largest absolute Gasteiger partial charge is 0.339 e. The van der Waals surface area contributed by atoms with Gasteiger partial charge < -0.3 is 9.80 Å². The third kappa shape index (κ3) is 4.44. The van der Waals surface area contributed by atoms with Gasteiger partial charge in [0.15, 0.2) is 0 Å². The van der Waals surface area contributed by atoms with Crippen LogP contribution in [0.2, 0.25) is 0 Å². The van der Waals surface area contributed by atoms with Crippen molar-refractivity contribution in [1.29, 1.82) is 0 Å². The van der Waals surface area contributed by atoms with Gasteiger partial charge in [-0.3, -0.25) is 4.79 Å². The molecule has 2 aromatic rings. The number of halogens is 1. The SMILES string of the molecule is O=C(CCSc1ccc(F)cc1)N1CCN(c2ncccn2)CC1. The summed E-state index contributed by atoms with van der Waals surface area (Å²) in [6, 6.07) is 8.15. The van der Waals surface area contributed by atoms with Crippen molar-refractivity contribution in [3.05, 3.63) is 48.5 Å². The van der Waals surface area contributed by atoms with Gasteiger partial charge >= 0.3 is 0 Å². The minimum absolute atomic E-state index is 0.165. The summed E-state index contributed by atoms with van der Waals surface area (Å²) >= 11 is 1.57. The van der Waals surface area contributed by atoms with Crippen LogP contribution in [-0.2, 0) is 4.79 Å². The first-order chi connectivity index (χ1) is 11.7. The Morgan fingerprint density at radius 1 is 1.08 bits per heavy atom. The van der Waals surface area contributed by atoms with E-state index >= 15 is 0 Å². The van der Waals surface area contributed by atoms with E-state index in [1.807, 2.05) is 4.90 Å². The number of carbonyl (C=O) groups excluding carboxylic acids is 1. The second-order valence-corrected chi connectivity index (χ2v) is 6.64. The van der Waals surface area contributed by atoms with Gasteiger partial charge in [0.05, 0.1) is 0 Å². The van der Waals surface area contributed by atoms with Gasteiger partial charge in [-0.1, -0.05) is 0 Å². The summed E-state index contributed by atoms with van der Waals surface area (Å²) < 4.78 is 12.9. The van der Waals surface area contributed by atoms with E-state index in [0.29, 0.717) is 25.3 Å². The molecule has 5 nitrogen and oxygen atoms in total. The maximum atomic E-state index is 12.9. The molecular weight excluding hydrogens is 327 g/mol. The highest BCUT2D eigenvalue weighted by Gasteiger charge is 2.22. The van der Waals surface area contributed by atoms with Gasteiger partial charge in [-0.05, 0) is 30.3 Å². The number of amides is 1. The van der Waals surface area contributed by atoms with Crippen molar-refractivity contribution < 1.29 is 9.18 Å². The van der Waals surface area contributed by atoms with Crippen molar-refractivity contribution in [3.8, 4) is 0 Å². The predicted octanol–water partition coefficient (Wildman–Crippen LogP) is 2.45. The fraction of sp³-hybridized carbons (Fsp3) is 0.353. The Kier molecular flexibility index (Phi) is 5.63. The molecule has 1 saturated heterocycles. The third-order valence-electron chi connectivity index (χ3n) is 3.87. The summed E-state index contributed by atoms with van der Waals surface area (Å²) in [5, 5.41) is 0. The van der Waals surface area contributed by atoms with Crippen molar-refractivity contribution in [2.24, 2.45) is 0 Å². The molecule has 1 fully saturated rings. The van der Waals surface area contributed by atoms with E-state index < -0.39 is 0 Å².